The molecule has 142 valence electrons. The summed E-state index contributed by atoms with van der Waals surface area (Å²) in [6, 6.07) is 14.9. The molecule has 2 aliphatic heterocycles. The van der Waals surface area contributed by atoms with Crippen molar-refractivity contribution in [2.75, 3.05) is 37.7 Å². The minimum Gasteiger partial charge on any atom is -0.373 e. The lowest BCUT2D eigenvalue weighted by Gasteiger charge is -2.37. The molecule has 0 aliphatic carbocycles. The molecule has 1 amide bonds. The third kappa shape index (κ3) is 4.19. The third-order valence-electron chi connectivity index (χ3n) is 5.53. The first-order chi connectivity index (χ1) is 13.1. The molecule has 1 unspecified atom stereocenters. The molecule has 1 saturated heterocycles. The molecule has 4 nitrogen and oxygen atoms in total. The van der Waals surface area contributed by atoms with Crippen molar-refractivity contribution in [1.29, 1.82) is 0 Å². The Morgan fingerprint density at radius 1 is 1.11 bits per heavy atom. The number of fused-ring (bicyclic) bond motifs is 1. The topological polar surface area (TPSA) is 32.8 Å². The molecule has 0 radical (unpaired) electrons. The molecule has 0 aromatic heterocycles. The molecule has 0 spiro atoms. The lowest BCUT2D eigenvalue weighted by Crippen LogP contribution is -2.49. The summed E-state index contributed by atoms with van der Waals surface area (Å²) in [7, 11) is 0. The lowest BCUT2D eigenvalue weighted by molar-refractivity contribution is -0.135. The van der Waals surface area contributed by atoms with Crippen LogP contribution in [0.15, 0.2) is 46.9 Å². The fraction of sp³-hybridized carbons (Fsp3) is 0.409. The number of amides is 1. The van der Waals surface area contributed by atoms with Crippen molar-refractivity contribution < 1.29 is 9.53 Å². The predicted molar refractivity (Wildman–Crippen MR) is 111 cm³/mol. The first kappa shape index (κ1) is 18.5. The standard InChI is InChI=1S/C22H25BrN2O2/c1-16-2-5-19(6-3-16)24-9-11-25(12-10-24)22(26)15-21-20-7-4-18(23)14-17(20)8-13-27-21/h2-7,14,21H,8-13,15H2,1H3. The van der Waals surface area contributed by atoms with Crippen LogP contribution in [0.4, 0.5) is 5.69 Å². The number of aryl methyl sites for hydroxylation is 1. The second-order valence-electron chi connectivity index (χ2n) is 7.36. The van der Waals surface area contributed by atoms with Gasteiger partial charge in [0.25, 0.3) is 0 Å². The zero-order chi connectivity index (χ0) is 18.8. The molecule has 2 aliphatic rings. The number of nitrogens with zero attached hydrogens (tertiary/aromatic N) is 2. The van der Waals surface area contributed by atoms with Gasteiger partial charge in [-0.15, -0.1) is 0 Å². The fourth-order valence-electron chi connectivity index (χ4n) is 3.93. The highest BCUT2D eigenvalue weighted by atomic mass is 79.9. The van der Waals surface area contributed by atoms with Gasteiger partial charge in [-0.3, -0.25) is 4.79 Å². The van der Waals surface area contributed by atoms with E-state index in [0.717, 1.165) is 42.6 Å². The molecular formula is C22H25BrN2O2. The number of anilines is 1. The maximum atomic E-state index is 12.8. The van der Waals surface area contributed by atoms with Crippen molar-refractivity contribution in [3.63, 3.8) is 0 Å². The maximum Gasteiger partial charge on any atom is 0.225 e. The van der Waals surface area contributed by atoms with Crippen molar-refractivity contribution in [2.45, 2.75) is 25.9 Å². The Labute approximate surface area is 169 Å². The van der Waals surface area contributed by atoms with Gasteiger partial charge in [0.05, 0.1) is 19.1 Å². The lowest BCUT2D eigenvalue weighted by atomic mass is 9.95. The largest absolute Gasteiger partial charge is 0.373 e. The van der Waals surface area contributed by atoms with Gasteiger partial charge in [-0.25, -0.2) is 0 Å². The molecule has 5 heteroatoms. The molecule has 0 bridgehead atoms. The Morgan fingerprint density at radius 2 is 1.85 bits per heavy atom. The van der Waals surface area contributed by atoms with E-state index in [4.69, 9.17) is 4.74 Å². The zero-order valence-electron chi connectivity index (χ0n) is 15.7. The quantitative estimate of drug-likeness (QED) is 0.737. The minimum absolute atomic E-state index is 0.121. The van der Waals surface area contributed by atoms with Crippen LogP contribution in [-0.2, 0) is 16.0 Å². The highest BCUT2D eigenvalue weighted by Crippen LogP contribution is 2.32. The Morgan fingerprint density at radius 3 is 2.59 bits per heavy atom. The van der Waals surface area contributed by atoms with E-state index in [1.165, 1.54) is 16.8 Å². The Bertz CT molecular complexity index is 814. The van der Waals surface area contributed by atoms with Crippen LogP contribution in [-0.4, -0.2) is 43.6 Å². The van der Waals surface area contributed by atoms with Crippen molar-refractivity contribution >= 4 is 27.5 Å². The number of carbonyl (C=O) groups excluding carboxylic acids is 1. The second-order valence-corrected chi connectivity index (χ2v) is 8.28. The molecule has 2 heterocycles. The van der Waals surface area contributed by atoms with Crippen LogP contribution in [0.1, 0.15) is 29.2 Å². The van der Waals surface area contributed by atoms with Gasteiger partial charge < -0.3 is 14.5 Å². The predicted octanol–water partition coefficient (Wildman–Crippen LogP) is 4.11. The van der Waals surface area contributed by atoms with E-state index < -0.39 is 0 Å². The highest BCUT2D eigenvalue weighted by molar-refractivity contribution is 9.10. The van der Waals surface area contributed by atoms with Gasteiger partial charge in [0.1, 0.15) is 0 Å². The van der Waals surface area contributed by atoms with Gasteiger partial charge in [-0.2, -0.15) is 0 Å². The molecule has 27 heavy (non-hydrogen) atoms. The van der Waals surface area contributed by atoms with Crippen molar-refractivity contribution in [1.82, 2.24) is 4.90 Å². The minimum atomic E-state index is -0.121. The normalized spacial score (nSPS) is 19.7. The van der Waals surface area contributed by atoms with E-state index in [1.54, 1.807) is 0 Å². The van der Waals surface area contributed by atoms with Gasteiger partial charge in [0, 0.05) is 36.3 Å². The van der Waals surface area contributed by atoms with Gasteiger partial charge in [-0.1, -0.05) is 39.7 Å². The molecule has 2 aromatic carbocycles. The van der Waals surface area contributed by atoms with E-state index in [9.17, 15) is 4.79 Å². The number of carbonyl (C=O) groups is 1. The van der Waals surface area contributed by atoms with Crippen molar-refractivity contribution in [3.05, 3.63) is 63.6 Å². The summed E-state index contributed by atoms with van der Waals surface area (Å²) in [5.41, 5.74) is 4.96. The number of benzene rings is 2. The van der Waals surface area contributed by atoms with Crippen LogP contribution in [0.2, 0.25) is 0 Å². The summed E-state index contributed by atoms with van der Waals surface area (Å²) in [5, 5.41) is 0. The van der Waals surface area contributed by atoms with Crippen LogP contribution in [0.25, 0.3) is 0 Å². The Kier molecular flexibility index (Phi) is 5.50. The molecule has 0 saturated carbocycles. The monoisotopic (exact) mass is 428 g/mol. The van der Waals surface area contributed by atoms with E-state index in [0.29, 0.717) is 13.0 Å². The number of hydrogen-bond donors (Lipinski definition) is 0. The molecule has 1 atom stereocenters. The molecule has 2 aromatic rings. The number of piperazine rings is 1. The van der Waals surface area contributed by atoms with Crippen molar-refractivity contribution in [3.8, 4) is 0 Å². The summed E-state index contributed by atoms with van der Waals surface area (Å²) in [6.45, 7) is 6.08. The molecular weight excluding hydrogens is 404 g/mol. The summed E-state index contributed by atoms with van der Waals surface area (Å²) in [4.78, 5) is 17.2. The van der Waals surface area contributed by atoms with Crippen molar-refractivity contribution in [2.24, 2.45) is 0 Å². The smallest absolute Gasteiger partial charge is 0.225 e. The molecule has 4 rings (SSSR count). The fourth-order valence-corrected chi connectivity index (χ4v) is 4.34. The maximum absolute atomic E-state index is 12.8. The summed E-state index contributed by atoms with van der Waals surface area (Å²) >= 11 is 3.53. The zero-order valence-corrected chi connectivity index (χ0v) is 17.2. The number of rotatable bonds is 3. The van der Waals surface area contributed by atoms with E-state index in [1.807, 2.05) is 11.0 Å². The SMILES string of the molecule is Cc1ccc(N2CCN(C(=O)CC3OCCc4cc(Br)ccc43)CC2)cc1. The van der Waals surface area contributed by atoms with Crippen LogP contribution < -0.4 is 4.90 Å². The summed E-state index contributed by atoms with van der Waals surface area (Å²) in [6.07, 6.45) is 1.22. The van der Waals surface area contributed by atoms with Gasteiger partial charge in [0.2, 0.25) is 5.91 Å². The number of halogens is 1. The van der Waals surface area contributed by atoms with E-state index in [2.05, 4.69) is 64.2 Å². The van der Waals surface area contributed by atoms with Crippen LogP contribution in [0, 0.1) is 6.92 Å². The van der Waals surface area contributed by atoms with Crippen LogP contribution in [0.5, 0.6) is 0 Å². The molecule has 1 fully saturated rings. The average molecular weight is 429 g/mol. The van der Waals surface area contributed by atoms with E-state index in [-0.39, 0.29) is 12.0 Å². The van der Waals surface area contributed by atoms with E-state index >= 15 is 0 Å². The van der Waals surface area contributed by atoms with Gasteiger partial charge in [-0.05, 0) is 48.7 Å². The van der Waals surface area contributed by atoms with Crippen LogP contribution >= 0.6 is 15.9 Å². The van der Waals surface area contributed by atoms with Gasteiger partial charge >= 0.3 is 0 Å². The Balaban J connectivity index is 1.36. The number of ether oxygens (including phenoxy) is 1. The number of hydrogen-bond acceptors (Lipinski definition) is 3. The third-order valence-corrected chi connectivity index (χ3v) is 6.03. The summed E-state index contributed by atoms with van der Waals surface area (Å²) in [5.74, 6) is 0.194. The first-order valence-electron chi connectivity index (χ1n) is 9.59. The second kappa shape index (κ2) is 8.03. The molecule has 0 N–H and O–H groups in total. The van der Waals surface area contributed by atoms with Crippen LogP contribution in [0.3, 0.4) is 0 Å². The first-order valence-corrected chi connectivity index (χ1v) is 10.4. The summed E-state index contributed by atoms with van der Waals surface area (Å²) < 4.78 is 7.02. The Hall–Kier alpha value is -1.85. The van der Waals surface area contributed by atoms with Gasteiger partial charge in [0.15, 0.2) is 0 Å². The highest BCUT2D eigenvalue weighted by Gasteiger charge is 2.27. The average Bonchev–Trinajstić information content (AvgIpc) is 2.68.